The third kappa shape index (κ3) is 5.67. The van der Waals surface area contributed by atoms with Crippen LogP contribution in [0.2, 0.25) is 0 Å². The van der Waals surface area contributed by atoms with E-state index in [9.17, 15) is 9.18 Å². The first-order chi connectivity index (χ1) is 14.6. The predicted molar refractivity (Wildman–Crippen MR) is 124 cm³/mol. The molecular weight excluding hydrogens is 391 g/mol. The first-order valence-electron chi connectivity index (χ1n) is 10.1. The van der Waals surface area contributed by atoms with Crippen LogP contribution >= 0.6 is 0 Å². The molecule has 0 radical (unpaired) electrons. The lowest BCUT2D eigenvalue weighted by Crippen LogP contribution is -2.44. The van der Waals surface area contributed by atoms with Gasteiger partial charge in [-0.05, 0) is 48.5 Å². The molecule has 0 bridgehead atoms. The number of hydrogen-bond acceptors (Lipinski definition) is 4. The van der Waals surface area contributed by atoms with Gasteiger partial charge in [0.1, 0.15) is 5.82 Å². The number of likely N-dealkylation sites (N-methyl/N-ethyl adjacent to an activating group) is 1. The maximum atomic E-state index is 13.1. The molecule has 1 saturated heterocycles. The zero-order valence-electron chi connectivity index (χ0n) is 17.0. The van der Waals surface area contributed by atoms with Crippen LogP contribution in [-0.2, 0) is 6.54 Å². The van der Waals surface area contributed by atoms with E-state index in [-0.39, 0.29) is 19.2 Å². The molecule has 162 valence electrons. The molecule has 3 aromatic rings. The number of aromatic nitrogens is 1. The summed E-state index contributed by atoms with van der Waals surface area (Å²) >= 11 is 0. The summed E-state index contributed by atoms with van der Waals surface area (Å²) in [4.78, 5) is 21.5. The number of anilines is 1. The van der Waals surface area contributed by atoms with Crippen LogP contribution < -0.4 is 10.2 Å². The summed E-state index contributed by atoms with van der Waals surface area (Å²) in [6, 6.07) is 16.3. The number of halogens is 1. The van der Waals surface area contributed by atoms with Gasteiger partial charge in [-0.3, -0.25) is 9.78 Å². The number of nitrogens with zero attached hydrogens (tertiary/aromatic N) is 3. The third-order valence-corrected chi connectivity index (χ3v) is 5.44. The molecule has 1 aliphatic heterocycles. The highest BCUT2D eigenvalue weighted by Crippen LogP contribution is 2.20. The fraction of sp³-hybridized carbons (Fsp3) is 0.280. The standard InChI is InChI=1S/C24H25FN4O.CH4/c1-28-10-12-29(13-11-28)23-8-2-18(3-9-23)15-27-24(30)21-14-20(16-26-17-21)19-4-6-22(25)7-5-19;/h2-9,14,16-17H,10-13,15H2,1H3,(H,27,30);1H4. The summed E-state index contributed by atoms with van der Waals surface area (Å²) in [7, 11) is 2.15. The van der Waals surface area contributed by atoms with Crippen molar-refractivity contribution >= 4 is 11.6 Å². The van der Waals surface area contributed by atoms with Crippen LogP contribution in [0, 0.1) is 5.82 Å². The Balaban J connectivity index is 0.00000272. The topological polar surface area (TPSA) is 48.5 Å². The number of pyridine rings is 1. The highest BCUT2D eigenvalue weighted by atomic mass is 19.1. The lowest BCUT2D eigenvalue weighted by molar-refractivity contribution is 0.0950. The predicted octanol–water partition coefficient (Wildman–Crippen LogP) is 4.21. The second-order valence-corrected chi connectivity index (χ2v) is 7.61. The van der Waals surface area contributed by atoms with E-state index in [1.807, 2.05) is 0 Å². The Hall–Kier alpha value is -3.25. The van der Waals surface area contributed by atoms with Gasteiger partial charge in [-0.15, -0.1) is 0 Å². The number of hydrogen-bond donors (Lipinski definition) is 1. The van der Waals surface area contributed by atoms with Crippen LogP contribution in [0.1, 0.15) is 23.3 Å². The number of benzene rings is 2. The lowest BCUT2D eigenvalue weighted by atomic mass is 10.1. The number of carbonyl (C=O) groups is 1. The van der Waals surface area contributed by atoms with Gasteiger partial charge in [0.15, 0.2) is 0 Å². The Bertz CT molecular complexity index is 997. The molecular formula is C25H29FN4O. The highest BCUT2D eigenvalue weighted by molar-refractivity contribution is 5.95. The summed E-state index contributed by atoms with van der Waals surface area (Å²) in [6.07, 6.45) is 3.21. The van der Waals surface area contributed by atoms with Crippen LogP contribution in [-0.4, -0.2) is 49.0 Å². The summed E-state index contributed by atoms with van der Waals surface area (Å²) in [5.41, 5.74) is 4.33. The van der Waals surface area contributed by atoms with Gasteiger partial charge < -0.3 is 15.1 Å². The van der Waals surface area contributed by atoms with Crippen LogP contribution in [0.25, 0.3) is 11.1 Å². The van der Waals surface area contributed by atoms with E-state index in [0.717, 1.165) is 42.9 Å². The maximum Gasteiger partial charge on any atom is 0.253 e. The first-order valence-corrected chi connectivity index (χ1v) is 10.1. The summed E-state index contributed by atoms with van der Waals surface area (Å²) in [5.74, 6) is -0.478. The molecule has 2 heterocycles. The molecule has 0 spiro atoms. The molecule has 0 aliphatic carbocycles. The van der Waals surface area contributed by atoms with Crippen LogP contribution in [0.4, 0.5) is 10.1 Å². The van der Waals surface area contributed by atoms with E-state index in [1.54, 1.807) is 30.6 Å². The van der Waals surface area contributed by atoms with Crippen molar-refractivity contribution in [1.82, 2.24) is 15.2 Å². The number of amides is 1. The molecule has 0 saturated carbocycles. The first kappa shape index (κ1) is 22.4. The van der Waals surface area contributed by atoms with Gasteiger partial charge in [-0.1, -0.05) is 31.7 Å². The number of carbonyl (C=O) groups excluding carboxylic acids is 1. The lowest BCUT2D eigenvalue weighted by Gasteiger charge is -2.34. The Morgan fingerprint density at radius 2 is 1.65 bits per heavy atom. The zero-order chi connectivity index (χ0) is 20.9. The Morgan fingerprint density at radius 1 is 0.968 bits per heavy atom. The van der Waals surface area contributed by atoms with Crippen LogP contribution in [0.15, 0.2) is 67.0 Å². The average molecular weight is 421 g/mol. The summed E-state index contributed by atoms with van der Waals surface area (Å²) in [5, 5.41) is 2.95. The van der Waals surface area contributed by atoms with Crippen molar-refractivity contribution in [2.75, 3.05) is 38.1 Å². The van der Waals surface area contributed by atoms with Gasteiger partial charge in [0.25, 0.3) is 5.91 Å². The molecule has 5 nitrogen and oxygen atoms in total. The second-order valence-electron chi connectivity index (χ2n) is 7.61. The molecule has 0 atom stereocenters. The van der Waals surface area contributed by atoms with Gasteiger partial charge in [0, 0.05) is 56.4 Å². The van der Waals surface area contributed by atoms with Crippen molar-refractivity contribution in [1.29, 1.82) is 0 Å². The quantitative estimate of drug-likeness (QED) is 0.672. The molecule has 1 aromatic heterocycles. The van der Waals surface area contributed by atoms with Gasteiger partial charge in [0.05, 0.1) is 5.56 Å². The minimum Gasteiger partial charge on any atom is -0.369 e. The van der Waals surface area contributed by atoms with E-state index >= 15 is 0 Å². The third-order valence-electron chi connectivity index (χ3n) is 5.44. The average Bonchev–Trinajstić information content (AvgIpc) is 2.79. The van der Waals surface area contributed by atoms with Crippen molar-refractivity contribution < 1.29 is 9.18 Å². The summed E-state index contributed by atoms with van der Waals surface area (Å²) < 4.78 is 13.1. The van der Waals surface area contributed by atoms with Crippen molar-refractivity contribution in [2.45, 2.75) is 14.0 Å². The Kier molecular flexibility index (Phi) is 7.36. The Morgan fingerprint density at radius 3 is 2.32 bits per heavy atom. The van der Waals surface area contributed by atoms with Crippen LogP contribution in [0.5, 0.6) is 0 Å². The van der Waals surface area contributed by atoms with Crippen LogP contribution in [0.3, 0.4) is 0 Å². The van der Waals surface area contributed by atoms with Crippen molar-refractivity contribution in [3.05, 3.63) is 83.9 Å². The van der Waals surface area contributed by atoms with E-state index in [2.05, 4.69) is 51.4 Å². The largest absolute Gasteiger partial charge is 0.369 e. The minimum absolute atomic E-state index is 0. The molecule has 1 aliphatic rings. The molecule has 1 N–H and O–H groups in total. The summed E-state index contributed by atoms with van der Waals surface area (Å²) in [6.45, 7) is 4.66. The fourth-order valence-electron chi connectivity index (χ4n) is 3.54. The number of rotatable bonds is 5. The van der Waals surface area contributed by atoms with Gasteiger partial charge >= 0.3 is 0 Å². The molecule has 2 aromatic carbocycles. The SMILES string of the molecule is C.CN1CCN(c2ccc(CNC(=O)c3cncc(-c4ccc(F)cc4)c3)cc2)CC1. The highest BCUT2D eigenvalue weighted by Gasteiger charge is 2.14. The molecule has 4 rings (SSSR count). The molecule has 31 heavy (non-hydrogen) atoms. The second kappa shape index (κ2) is 10.2. The number of nitrogens with one attached hydrogen (secondary N) is 1. The normalized spacial score (nSPS) is 14.1. The van der Waals surface area contributed by atoms with E-state index < -0.39 is 0 Å². The van der Waals surface area contributed by atoms with Gasteiger partial charge in [-0.2, -0.15) is 0 Å². The molecule has 0 unspecified atom stereocenters. The monoisotopic (exact) mass is 420 g/mol. The smallest absolute Gasteiger partial charge is 0.253 e. The van der Waals surface area contributed by atoms with E-state index in [4.69, 9.17) is 0 Å². The zero-order valence-corrected chi connectivity index (χ0v) is 17.0. The fourth-order valence-corrected chi connectivity index (χ4v) is 3.54. The molecule has 1 fully saturated rings. The van der Waals surface area contributed by atoms with Gasteiger partial charge in [0.2, 0.25) is 0 Å². The van der Waals surface area contributed by atoms with E-state index in [0.29, 0.717) is 12.1 Å². The number of piperazine rings is 1. The molecule has 1 amide bonds. The van der Waals surface area contributed by atoms with Gasteiger partial charge in [-0.25, -0.2) is 4.39 Å². The van der Waals surface area contributed by atoms with Crippen molar-refractivity contribution in [3.63, 3.8) is 0 Å². The van der Waals surface area contributed by atoms with E-state index in [1.165, 1.54) is 17.8 Å². The Labute approximate surface area is 183 Å². The van der Waals surface area contributed by atoms with Crippen molar-refractivity contribution in [3.8, 4) is 11.1 Å². The maximum absolute atomic E-state index is 13.1. The van der Waals surface area contributed by atoms with Crippen molar-refractivity contribution in [2.24, 2.45) is 0 Å². The molecule has 6 heteroatoms. The minimum atomic E-state index is -0.292.